The Morgan fingerprint density at radius 1 is 1.29 bits per heavy atom. The summed E-state index contributed by atoms with van der Waals surface area (Å²) >= 11 is 0. The number of hydrogen-bond acceptors (Lipinski definition) is 3. The van der Waals surface area contributed by atoms with Gasteiger partial charge in [-0.2, -0.15) is 0 Å². The molecule has 1 N–H and O–H groups in total. The maximum Gasteiger partial charge on any atom is 0.119 e. The average molecular weight is 292 g/mol. The van der Waals surface area contributed by atoms with Crippen LogP contribution in [0.15, 0.2) is 24.3 Å². The molecule has 1 aromatic carbocycles. The summed E-state index contributed by atoms with van der Waals surface area (Å²) in [5.41, 5.74) is 1.56. The average Bonchev–Trinajstić information content (AvgIpc) is 2.43. The molecule has 0 aliphatic rings. The van der Waals surface area contributed by atoms with Crippen LogP contribution >= 0.6 is 0 Å². The first kappa shape index (κ1) is 18.0. The van der Waals surface area contributed by atoms with Crippen LogP contribution in [-0.2, 0) is 6.54 Å². The predicted octanol–water partition coefficient (Wildman–Crippen LogP) is 3.54. The Balaban J connectivity index is 2.42. The summed E-state index contributed by atoms with van der Waals surface area (Å²) in [5, 5.41) is 3.33. The van der Waals surface area contributed by atoms with Gasteiger partial charge >= 0.3 is 0 Å². The summed E-state index contributed by atoms with van der Waals surface area (Å²) in [5.74, 6) is 0.960. The fourth-order valence-corrected chi connectivity index (χ4v) is 2.18. The van der Waals surface area contributed by atoms with Crippen LogP contribution in [0.25, 0.3) is 0 Å². The number of ether oxygens (including phenoxy) is 1. The van der Waals surface area contributed by atoms with Crippen molar-refractivity contribution in [3.05, 3.63) is 29.8 Å². The first-order chi connectivity index (χ1) is 9.84. The van der Waals surface area contributed by atoms with Crippen LogP contribution in [0.2, 0.25) is 0 Å². The third-order valence-electron chi connectivity index (χ3n) is 4.10. The molecule has 0 saturated carbocycles. The highest BCUT2D eigenvalue weighted by molar-refractivity contribution is 5.28. The molecular formula is C18H32N2O. The van der Waals surface area contributed by atoms with Crippen molar-refractivity contribution in [3.63, 3.8) is 0 Å². The van der Waals surface area contributed by atoms with Crippen LogP contribution in [-0.4, -0.2) is 37.7 Å². The molecule has 0 aliphatic heterocycles. The molecule has 21 heavy (non-hydrogen) atoms. The summed E-state index contributed by atoms with van der Waals surface area (Å²) in [6, 6.07) is 8.87. The van der Waals surface area contributed by atoms with Gasteiger partial charge in [0, 0.05) is 19.1 Å². The van der Waals surface area contributed by atoms with E-state index in [4.69, 9.17) is 4.74 Å². The molecule has 0 aromatic heterocycles. The van der Waals surface area contributed by atoms with Gasteiger partial charge in [-0.15, -0.1) is 0 Å². The van der Waals surface area contributed by atoms with Gasteiger partial charge in [0.1, 0.15) is 12.4 Å². The van der Waals surface area contributed by atoms with Crippen molar-refractivity contribution in [1.82, 2.24) is 10.2 Å². The minimum atomic E-state index is 0.292. The third-order valence-corrected chi connectivity index (χ3v) is 4.10. The molecule has 0 fully saturated rings. The molecule has 1 unspecified atom stereocenters. The molecule has 1 rings (SSSR count). The van der Waals surface area contributed by atoms with E-state index in [0.29, 0.717) is 11.5 Å². The summed E-state index contributed by atoms with van der Waals surface area (Å²) in [6.07, 6.45) is 0. The van der Waals surface area contributed by atoms with Crippen molar-refractivity contribution < 1.29 is 4.74 Å². The molecular weight excluding hydrogens is 260 g/mol. The Kier molecular flexibility index (Phi) is 7.20. The zero-order valence-electron chi connectivity index (χ0n) is 14.6. The molecule has 0 amide bonds. The molecule has 3 heteroatoms. The van der Waals surface area contributed by atoms with Crippen LogP contribution in [0.1, 0.15) is 40.2 Å². The number of likely N-dealkylation sites (N-methyl/N-ethyl adjacent to an activating group) is 1. The fourth-order valence-electron chi connectivity index (χ4n) is 2.18. The van der Waals surface area contributed by atoms with Crippen LogP contribution in [0.4, 0.5) is 0 Å². The Hall–Kier alpha value is -1.06. The topological polar surface area (TPSA) is 24.5 Å². The molecule has 1 aromatic rings. The highest BCUT2D eigenvalue weighted by Crippen LogP contribution is 2.22. The molecule has 0 aliphatic carbocycles. The van der Waals surface area contributed by atoms with Gasteiger partial charge < -0.3 is 10.1 Å². The number of nitrogens with one attached hydrogen (secondary N) is 1. The summed E-state index contributed by atoms with van der Waals surface area (Å²) in [4.78, 5) is 2.36. The molecule has 120 valence electrons. The van der Waals surface area contributed by atoms with Crippen molar-refractivity contribution in [2.45, 2.75) is 47.2 Å². The lowest BCUT2D eigenvalue weighted by molar-refractivity contribution is 0.121. The molecule has 0 heterocycles. The van der Waals surface area contributed by atoms with E-state index in [2.05, 4.69) is 70.1 Å². The largest absolute Gasteiger partial charge is 0.492 e. The SMILES string of the molecule is CCNCc1cccc(OCCN(C)C(C)C(C)(C)C)c1. The smallest absolute Gasteiger partial charge is 0.119 e. The lowest BCUT2D eigenvalue weighted by Crippen LogP contribution is -2.41. The van der Waals surface area contributed by atoms with Crippen LogP contribution in [0.3, 0.4) is 0 Å². The minimum Gasteiger partial charge on any atom is -0.492 e. The van der Waals surface area contributed by atoms with Gasteiger partial charge in [-0.05, 0) is 43.6 Å². The maximum atomic E-state index is 5.89. The van der Waals surface area contributed by atoms with E-state index in [1.54, 1.807) is 0 Å². The summed E-state index contributed by atoms with van der Waals surface area (Å²) < 4.78 is 5.89. The molecule has 0 spiro atoms. The van der Waals surface area contributed by atoms with E-state index in [1.165, 1.54) is 5.56 Å². The van der Waals surface area contributed by atoms with Crippen LogP contribution in [0.5, 0.6) is 5.75 Å². The van der Waals surface area contributed by atoms with Crippen molar-refractivity contribution in [2.24, 2.45) is 5.41 Å². The zero-order chi connectivity index (χ0) is 15.9. The quantitative estimate of drug-likeness (QED) is 0.793. The number of nitrogens with zero attached hydrogens (tertiary/aromatic N) is 1. The van der Waals surface area contributed by atoms with E-state index < -0.39 is 0 Å². The van der Waals surface area contributed by atoms with Gasteiger partial charge in [0.05, 0.1) is 0 Å². The van der Waals surface area contributed by atoms with E-state index in [0.717, 1.165) is 32.0 Å². The first-order valence-corrected chi connectivity index (χ1v) is 7.97. The molecule has 3 nitrogen and oxygen atoms in total. The van der Waals surface area contributed by atoms with E-state index >= 15 is 0 Å². The summed E-state index contributed by atoms with van der Waals surface area (Å²) in [7, 11) is 2.17. The van der Waals surface area contributed by atoms with E-state index in [9.17, 15) is 0 Å². The highest BCUT2D eigenvalue weighted by atomic mass is 16.5. The predicted molar refractivity (Wildman–Crippen MR) is 90.9 cm³/mol. The third kappa shape index (κ3) is 6.49. The Morgan fingerprint density at radius 2 is 2.00 bits per heavy atom. The monoisotopic (exact) mass is 292 g/mol. The van der Waals surface area contributed by atoms with Crippen molar-refractivity contribution >= 4 is 0 Å². The number of hydrogen-bond donors (Lipinski definition) is 1. The second-order valence-electron chi connectivity index (χ2n) is 6.80. The lowest BCUT2D eigenvalue weighted by atomic mass is 9.87. The Labute approximate surface area is 130 Å². The number of benzene rings is 1. The van der Waals surface area contributed by atoms with E-state index in [1.807, 2.05) is 6.07 Å². The zero-order valence-corrected chi connectivity index (χ0v) is 14.6. The van der Waals surface area contributed by atoms with Gasteiger partial charge in [0.2, 0.25) is 0 Å². The standard InChI is InChI=1S/C18H32N2O/c1-7-19-14-16-9-8-10-17(13-16)21-12-11-20(6)15(2)18(3,4)5/h8-10,13,15,19H,7,11-12,14H2,1-6H3. The summed E-state index contributed by atoms with van der Waals surface area (Å²) in [6.45, 7) is 14.8. The molecule has 0 radical (unpaired) electrons. The van der Waals surface area contributed by atoms with Crippen molar-refractivity contribution in [1.29, 1.82) is 0 Å². The Morgan fingerprint density at radius 3 is 2.62 bits per heavy atom. The normalized spacial score (nSPS) is 13.5. The second kappa shape index (κ2) is 8.40. The van der Waals surface area contributed by atoms with Crippen molar-refractivity contribution in [2.75, 3.05) is 26.7 Å². The Bertz CT molecular complexity index is 412. The molecule has 0 bridgehead atoms. The fraction of sp³-hybridized carbons (Fsp3) is 0.667. The van der Waals surface area contributed by atoms with E-state index in [-0.39, 0.29) is 0 Å². The molecule has 0 saturated heterocycles. The van der Waals surface area contributed by atoms with Gasteiger partial charge in [-0.3, -0.25) is 4.90 Å². The highest BCUT2D eigenvalue weighted by Gasteiger charge is 2.23. The molecule has 1 atom stereocenters. The first-order valence-electron chi connectivity index (χ1n) is 7.97. The maximum absolute atomic E-state index is 5.89. The van der Waals surface area contributed by atoms with Crippen LogP contribution in [0, 0.1) is 5.41 Å². The van der Waals surface area contributed by atoms with Gasteiger partial charge in [-0.1, -0.05) is 39.8 Å². The lowest BCUT2D eigenvalue weighted by Gasteiger charge is -2.35. The number of rotatable bonds is 8. The van der Waals surface area contributed by atoms with Gasteiger partial charge in [0.15, 0.2) is 0 Å². The second-order valence-corrected chi connectivity index (χ2v) is 6.80. The van der Waals surface area contributed by atoms with Crippen LogP contribution < -0.4 is 10.1 Å². The van der Waals surface area contributed by atoms with Gasteiger partial charge in [0.25, 0.3) is 0 Å². The van der Waals surface area contributed by atoms with Gasteiger partial charge in [-0.25, -0.2) is 0 Å². The van der Waals surface area contributed by atoms with Crippen molar-refractivity contribution in [3.8, 4) is 5.75 Å². The minimum absolute atomic E-state index is 0.292.